The maximum Gasteiger partial charge on any atom is 0.238 e. The van der Waals surface area contributed by atoms with Gasteiger partial charge < -0.3 is 15.2 Å². The van der Waals surface area contributed by atoms with Crippen LogP contribution in [0.15, 0.2) is 48.5 Å². The second-order valence-corrected chi connectivity index (χ2v) is 7.33. The van der Waals surface area contributed by atoms with Gasteiger partial charge in [-0.2, -0.15) is 0 Å². The summed E-state index contributed by atoms with van der Waals surface area (Å²) in [4.78, 5) is 14.4. The van der Waals surface area contributed by atoms with Gasteiger partial charge in [0.1, 0.15) is 5.75 Å². The van der Waals surface area contributed by atoms with Gasteiger partial charge in [-0.05, 0) is 46.4 Å². The molecule has 0 spiro atoms. The molecule has 0 aliphatic carbocycles. The largest absolute Gasteiger partial charge is 0.497 e. The number of alkyl halides is 1. The van der Waals surface area contributed by atoms with Crippen LogP contribution in [0.25, 0.3) is 0 Å². The summed E-state index contributed by atoms with van der Waals surface area (Å²) in [5.41, 5.74) is 1.80. The molecular weight excluding hydrogens is 467 g/mol. The first kappa shape index (κ1) is 21.0. The fourth-order valence-electron chi connectivity index (χ4n) is 2.49. The maximum absolute atomic E-state index is 12.5. The number of methoxy groups -OCH3 is 1. The number of aliphatic hydroxyl groups excluding tert-OH is 1. The van der Waals surface area contributed by atoms with Crippen molar-refractivity contribution in [3.63, 3.8) is 0 Å². The number of nitrogens with one attached hydrogen (secondary N) is 1. The smallest absolute Gasteiger partial charge is 0.238 e. The fourth-order valence-corrected chi connectivity index (χ4v) is 3.21. The molecule has 2 N–H and O–H groups in total. The van der Waals surface area contributed by atoms with E-state index >= 15 is 0 Å². The minimum Gasteiger partial charge on any atom is -0.497 e. The first-order valence-corrected chi connectivity index (χ1v) is 9.77. The molecule has 0 aliphatic rings. The summed E-state index contributed by atoms with van der Waals surface area (Å²) in [6.07, 6.45) is -0.686. The molecule has 0 fully saturated rings. The Hall–Kier alpha value is -1.35. The highest BCUT2D eigenvalue weighted by atomic mass is 127. The Morgan fingerprint density at radius 2 is 2.04 bits per heavy atom. The molecule has 2 rings (SSSR count). The molecule has 0 saturated heterocycles. The lowest BCUT2D eigenvalue weighted by atomic mass is 10.2. The SMILES string of the molecule is COc1ccc(NC(=O)CN(Cc2ccccc2)C[C@H](O)CCl)c(I)c1. The van der Waals surface area contributed by atoms with Crippen LogP contribution >= 0.6 is 34.2 Å². The van der Waals surface area contributed by atoms with Crippen LogP contribution in [-0.4, -0.2) is 48.1 Å². The van der Waals surface area contributed by atoms with E-state index in [2.05, 4.69) is 27.9 Å². The number of anilines is 1. The predicted octanol–water partition coefficient (Wildman–Crippen LogP) is 3.34. The van der Waals surface area contributed by atoms with Crippen molar-refractivity contribution in [2.45, 2.75) is 12.6 Å². The number of hydrogen-bond acceptors (Lipinski definition) is 4. The quantitative estimate of drug-likeness (QED) is 0.420. The van der Waals surface area contributed by atoms with Crippen LogP contribution in [-0.2, 0) is 11.3 Å². The standard InChI is InChI=1S/C19H22ClIN2O3/c1-26-16-7-8-18(17(21)9-16)22-19(25)13-23(12-15(24)10-20)11-14-5-3-2-4-6-14/h2-9,15,24H,10-13H2,1H3,(H,22,25)/t15-/m1/s1. The van der Waals surface area contributed by atoms with Gasteiger partial charge in [0.2, 0.25) is 5.91 Å². The molecule has 0 heterocycles. The van der Waals surface area contributed by atoms with E-state index in [-0.39, 0.29) is 18.3 Å². The van der Waals surface area contributed by atoms with Crippen molar-refractivity contribution in [2.24, 2.45) is 0 Å². The zero-order valence-electron chi connectivity index (χ0n) is 14.5. The third-order valence-corrected chi connectivity index (χ3v) is 4.96. The van der Waals surface area contributed by atoms with Gasteiger partial charge in [-0.1, -0.05) is 30.3 Å². The number of hydrogen-bond donors (Lipinski definition) is 2. The lowest BCUT2D eigenvalue weighted by molar-refractivity contribution is -0.117. The summed E-state index contributed by atoms with van der Waals surface area (Å²) >= 11 is 7.88. The van der Waals surface area contributed by atoms with Gasteiger partial charge in [0.05, 0.1) is 25.4 Å². The van der Waals surface area contributed by atoms with Crippen molar-refractivity contribution < 1.29 is 14.6 Å². The molecular formula is C19H22ClIN2O3. The average Bonchev–Trinajstić information content (AvgIpc) is 2.64. The molecule has 1 amide bonds. The van der Waals surface area contributed by atoms with Gasteiger partial charge in [0.15, 0.2) is 0 Å². The third kappa shape index (κ3) is 6.75. The Morgan fingerprint density at radius 3 is 2.65 bits per heavy atom. The van der Waals surface area contributed by atoms with Gasteiger partial charge in [-0.15, -0.1) is 11.6 Å². The number of rotatable bonds is 9. The molecule has 0 unspecified atom stereocenters. The Morgan fingerprint density at radius 1 is 1.31 bits per heavy atom. The molecule has 0 saturated carbocycles. The van der Waals surface area contributed by atoms with Crippen molar-refractivity contribution in [3.8, 4) is 5.75 Å². The first-order chi connectivity index (χ1) is 12.5. The van der Waals surface area contributed by atoms with Crippen LogP contribution in [0.4, 0.5) is 5.69 Å². The normalized spacial score (nSPS) is 12.0. The van der Waals surface area contributed by atoms with Crippen LogP contribution in [0.2, 0.25) is 0 Å². The summed E-state index contributed by atoms with van der Waals surface area (Å²) in [5.74, 6) is 0.720. The molecule has 7 heteroatoms. The number of halogens is 2. The summed E-state index contributed by atoms with van der Waals surface area (Å²) in [6.45, 7) is 1.04. The zero-order chi connectivity index (χ0) is 18.9. The number of carbonyl (C=O) groups excluding carboxylic acids is 1. The fraction of sp³-hybridized carbons (Fsp3) is 0.316. The number of aliphatic hydroxyl groups is 1. The molecule has 140 valence electrons. The zero-order valence-corrected chi connectivity index (χ0v) is 17.4. The minimum atomic E-state index is -0.686. The van der Waals surface area contributed by atoms with E-state index in [1.54, 1.807) is 13.2 Å². The molecule has 2 aromatic carbocycles. The van der Waals surface area contributed by atoms with E-state index in [1.165, 1.54) is 0 Å². The van der Waals surface area contributed by atoms with Crippen molar-refractivity contribution >= 4 is 45.8 Å². The molecule has 1 atom stereocenters. The van der Waals surface area contributed by atoms with Crippen molar-refractivity contribution in [1.82, 2.24) is 4.90 Å². The highest BCUT2D eigenvalue weighted by Crippen LogP contribution is 2.23. The number of benzene rings is 2. The molecule has 0 radical (unpaired) electrons. The molecule has 0 aliphatic heterocycles. The number of amides is 1. The van der Waals surface area contributed by atoms with E-state index in [0.717, 1.165) is 20.6 Å². The van der Waals surface area contributed by atoms with Crippen LogP contribution in [0.5, 0.6) is 5.75 Å². The van der Waals surface area contributed by atoms with Gasteiger partial charge in [-0.25, -0.2) is 0 Å². The van der Waals surface area contributed by atoms with E-state index in [0.29, 0.717) is 13.1 Å². The minimum absolute atomic E-state index is 0.128. The van der Waals surface area contributed by atoms with Crippen LogP contribution < -0.4 is 10.1 Å². The van der Waals surface area contributed by atoms with Crippen LogP contribution in [0.3, 0.4) is 0 Å². The highest BCUT2D eigenvalue weighted by Gasteiger charge is 2.16. The van der Waals surface area contributed by atoms with Crippen molar-refractivity contribution in [2.75, 3.05) is 31.4 Å². The van der Waals surface area contributed by atoms with E-state index in [1.807, 2.05) is 47.4 Å². The summed E-state index contributed by atoms with van der Waals surface area (Å²) in [6, 6.07) is 15.3. The van der Waals surface area contributed by atoms with Gasteiger partial charge in [0.25, 0.3) is 0 Å². The lowest BCUT2D eigenvalue weighted by Crippen LogP contribution is -2.38. The Labute approximate surface area is 172 Å². The van der Waals surface area contributed by atoms with E-state index in [9.17, 15) is 9.90 Å². The Bertz CT molecular complexity index is 715. The van der Waals surface area contributed by atoms with E-state index < -0.39 is 6.10 Å². The second-order valence-electron chi connectivity index (χ2n) is 5.86. The van der Waals surface area contributed by atoms with Gasteiger partial charge in [0, 0.05) is 22.5 Å². The van der Waals surface area contributed by atoms with Gasteiger partial charge >= 0.3 is 0 Å². The third-order valence-electron chi connectivity index (χ3n) is 3.71. The summed E-state index contributed by atoms with van der Waals surface area (Å²) in [5, 5.41) is 12.8. The topological polar surface area (TPSA) is 61.8 Å². The average molecular weight is 489 g/mol. The van der Waals surface area contributed by atoms with Crippen LogP contribution in [0, 0.1) is 3.57 Å². The maximum atomic E-state index is 12.5. The number of ether oxygens (including phenoxy) is 1. The summed E-state index contributed by atoms with van der Waals surface area (Å²) in [7, 11) is 1.60. The van der Waals surface area contributed by atoms with Crippen molar-refractivity contribution in [3.05, 3.63) is 57.7 Å². The molecule has 0 aromatic heterocycles. The highest BCUT2D eigenvalue weighted by molar-refractivity contribution is 14.1. The van der Waals surface area contributed by atoms with Gasteiger partial charge in [-0.3, -0.25) is 9.69 Å². The monoisotopic (exact) mass is 488 g/mol. The van der Waals surface area contributed by atoms with Crippen LogP contribution in [0.1, 0.15) is 5.56 Å². The Kier molecular flexibility index (Phi) is 8.64. The van der Waals surface area contributed by atoms with Crippen molar-refractivity contribution in [1.29, 1.82) is 0 Å². The second kappa shape index (κ2) is 10.7. The number of carbonyl (C=O) groups is 1. The number of nitrogens with zero attached hydrogens (tertiary/aromatic N) is 1. The molecule has 2 aromatic rings. The first-order valence-electron chi connectivity index (χ1n) is 8.15. The van der Waals surface area contributed by atoms with E-state index in [4.69, 9.17) is 16.3 Å². The lowest BCUT2D eigenvalue weighted by Gasteiger charge is -2.24. The molecule has 26 heavy (non-hydrogen) atoms. The molecule has 0 bridgehead atoms. The predicted molar refractivity (Wildman–Crippen MR) is 113 cm³/mol. The Balaban J connectivity index is 2.02. The molecule has 5 nitrogen and oxygen atoms in total. The summed E-state index contributed by atoms with van der Waals surface area (Å²) < 4.78 is 6.07.